The minimum absolute atomic E-state index is 0.144. The summed E-state index contributed by atoms with van der Waals surface area (Å²) >= 11 is 0. The molecule has 3 heterocycles. The summed E-state index contributed by atoms with van der Waals surface area (Å²) in [6.45, 7) is 4.44. The standard InChI is InChI=1S/C23H31N2O3/c1-5-15-13-25(2)11-10-17-16-8-6-7-9-20(16)24-22(17)21(25)12-18(15)19(14-27-3)23(26)28-4/h6-9,14-15,18,21,24H,5,10-13H2,1-4H3/q+1/b19-14+/t15-,18-,21+,25?/m0/s1. The number of esters is 1. The van der Waals surface area contributed by atoms with E-state index < -0.39 is 0 Å². The Labute approximate surface area is 166 Å². The van der Waals surface area contributed by atoms with Gasteiger partial charge in [0.25, 0.3) is 0 Å². The molecule has 150 valence electrons. The molecule has 1 fully saturated rings. The maximum absolute atomic E-state index is 12.5. The number of benzene rings is 1. The number of piperidine rings is 1. The van der Waals surface area contributed by atoms with E-state index in [0.717, 1.165) is 36.8 Å². The van der Waals surface area contributed by atoms with Crippen LogP contribution in [0, 0.1) is 11.8 Å². The fourth-order valence-corrected chi connectivity index (χ4v) is 5.62. The molecule has 5 heteroatoms. The fourth-order valence-electron chi connectivity index (χ4n) is 5.62. The van der Waals surface area contributed by atoms with E-state index in [1.807, 2.05) is 0 Å². The molecule has 1 unspecified atom stereocenters. The molecule has 0 amide bonds. The van der Waals surface area contributed by atoms with E-state index in [1.165, 1.54) is 29.3 Å². The molecule has 1 aromatic heterocycles. The van der Waals surface area contributed by atoms with Gasteiger partial charge in [-0.15, -0.1) is 0 Å². The Hall–Kier alpha value is -2.27. The van der Waals surface area contributed by atoms with Gasteiger partial charge in [-0.1, -0.05) is 25.1 Å². The number of H-pyrrole nitrogens is 1. The molecule has 2 aliphatic rings. The highest BCUT2D eigenvalue weighted by Gasteiger charge is 2.50. The van der Waals surface area contributed by atoms with E-state index in [-0.39, 0.29) is 11.9 Å². The number of fused-ring (bicyclic) bond motifs is 5. The van der Waals surface area contributed by atoms with Crippen LogP contribution in [0.5, 0.6) is 0 Å². The number of aromatic nitrogens is 1. The average Bonchev–Trinajstić information content (AvgIpc) is 3.09. The van der Waals surface area contributed by atoms with Crippen molar-refractivity contribution in [1.29, 1.82) is 0 Å². The number of ether oxygens (including phenoxy) is 2. The van der Waals surface area contributed by atoms with Crippen LogP contribution in [0.15, 0.2) is 36.1 Å². The van der Waals surface area contributed by atoms with E-state index in [2.05, 4.69) is 43.2 Å². The zero-order chi connectivity index (χ0) is 19.9. The third-order valence-electron chi connectivity index (χ3n) is 7.09. The zero-order valence-corrected chi connectivity index (χ0v) is 17.3. The quantitative estimate of drug-likeness (QED) is 0.376. The average molecular weight is 384 g/mol. The van der Waals surface area contributed by atoms with Crippen molar-refractivity contribution in [3.63, 3.8) is 0 Å². The number of hydrogen-bond acceptors (Lipinski definition) is 3. The number of likely N-dealkylation sites (N-methyl/N-ethyl adjacent to an activating group) is 1. The molecule has 0 radical (unpaired) electrons. The molecule has 5 nitrogen and oxygen atoms in total. The van der Waals surface area contributed by atoms with Crippen molar-refractivity contribution >= 4 is 16.9 Å². The van der Waals surface area contributed by atoms with E-state index >= 15 is 0 Å². The number of nitrogens with zero attached hydrogens (tertiary/aromatic N) is 1. The van der Waals surface area contributed by atoms with Crippen LogP contribution in [0.25, 0.3) is 10.9 Å². The first-order chi connectivity index (χ1) is 13.5. The molecular weight excluding hydrogens is 352 g/mol. The van der Waals surface area contributed by atoms with E-state index in [1.54, 1.807) is 13.4 Å². The van der Waals surface area contributed by atoms with Crippen molar-refractivity contribution in [2.75, 3.05) is 34.4 Å². The first-order valence-corrected chi connectivity index (χ1v) is 10.3. The molecule has 1 aromatic carbocycles. The maximum Gasteiger partial charge on any atom is 0.337 e. The molecule has 1 saturated heterocycles. The summed E-state index contributed by atoms with van der Waals surface area (Å²) in [6.07, 6.45) is 4.68. The summed E-state index contributed by atoms with van der Waals surface area (Å²) in [5, 5.41) is 1.35. The first-order valence-electron chi connectivity index (χ1n) is 10.3. The Kier molecular flexibility index (Phi) is 4.96. The van der Waals surface area contributed by atoms with Gasteiger partial charge in [0, 0.05) is 35.6 Å². The van der Waals surface area contributed by atoms with Crippen LogP contribution in [-0.2, 0) is 20.7 Å². The maximum atomic E-state index is 12.5. The van der Waals surface area contributed by atoms with Crippen LogP contribution in [0.2, 0.25) is 0 Å². The summed E-state index contributed by atoms with van der Waals surface area (Å²) in [5.74, 6) is 0.313. The molecular formula is C23H31N2O3+. The molecule has 0 spiro atoms. The van der Waals surface area contributed by atoms with Gasteiger partial charge in [-0.2, -0.15) is 0 Å². The molecule has 1 N–H and O–H groups in total. The number of methoxy groups -OCH3 is 2. The third-order valence-corrected chi connectivity index (χ3v) is 7.09. The summed E-state index contributed by atoms with van der Waals surface area (Å²) < 4.78 is 11.4. The molecule has 0 bridgehead atoms. The molecule has 2 aliphatic heterocycles. The van der Waals surface area contributed by atoms with Crippen molar-refractivity contribution in [3.05, 3.63) is 47.4 Å². The molecule has 0 saturated carbocycles. The molecule has 0 aliphatic carbocycles. The smallest absolute Gasteiger partial charge is 0.337 e. The Balaban J connectivity index is 1.78. The van der Waals surface area contributed by atoms with Crippen molar-refractivity contribution in [2.45, 2.75) is 32.2 Å². The number of quaternary nitrogens is 1. The number of rotatable bonds is 4. The highest BCUT2D eigenvalue weighted by Crippen LogP contribution is 2.49. The van der Waals surface area contributed by atoms with Gasteiger partial charge in [-0.25, -0.2) is 4.79 Å². The third kappa shape index (κ3) is 2.93. The van der Waals surface area contributed by atoms with Crippen LogP contribution in [0.1, 0.15) is 37.1 Å². The Morgan fingerprint density at radius 3 is 2.82 bits per heavy atom. The van der Waals surface area contributed by atoms with Crippen LogP contribution in [0.4, 0.5) is 0 Å². The minimum atomic E-state index is -0.269. The minimum Gasteiger partial charge on any atom is -0.504 e. The molecule has 4 rings (SSSR count). The van der Waals surface area contributed by atoms with E-state index in [9.17, 15) is 4.79 Å². The summed E-state index contributed by atoms with van der Waals surface area (Å²) in [4.78, 5) is 16.2. The number of hydrogen-bond donors (Lipinski definition) is 1. The van der Waals surface area contributed by atoms with Crippen LogP contribution >= 0.6 is 0 Å². The lowest BCUT2D eigenvalue weighted by Gasteiger charge is -2.52. The second-order valence-electron chi connectivity index (χ2n) is 8.53. The van der Waals surface area contributed by atoms with E-state index in [0.29, 0.717) is 17.5 Å². The predicted molar refractivity (Wildman–Crippen MR) is 110 cm³/mol. The van der Waals surface area contributed by atoms with Gasteiger partial charge in [0.1, 0.15) is 6.04 Å². The number of aromatic amines is 1. The van der Waals surface area contributed by atoms with E-state index in [4.69, 9.17) is 9.47 Å². The number of carbonyl (C=O) groups is 1. The van der Waals surface area contributed by atoms with Gasteiger partial charge in [0.15, 0.2) is 0 Å². The van der Waals surface area contributed by atoms with Crippen molar-refractivity contribution in [1.82, 2.24) is 4.98 Å². The van der Waals surface area contributed by atoms with Gasteiger partial charge in [-0.3, -0.25) is 0 Å². The Morgan fingerprint density at radius 1 is 1.32 bits per heavy atom. The summed E-state index contributed by atoms with van der Waals surface area (Å²) in [6, 6.07) is 8.95. The second-order valence-corrected chi connectivity index (χ2v) is 8.53. The zero-order valence-electron chi connectivity index (χ0n) is 17.3. The highest BCUT2D eigenvalue weighted by atomic mass is 16.5. The lowest BCUT2D eigenvalue weighted by Crippen LogP contribution is -2.58. The Bertz CT molecular complexity index is 916. The molecule has 4 atom stereocenters. The van der Waals surface area contributed by atoms with Crippen molar-refractivity contribution in [3.8, 4) is 0 Å². The largest absolute Gasteiger partial charge is 0.504 e. The number of carbonyl (C=O) groups excluding carboxylic acids is 1. The van der Waals surface area contributed by atoms with Crippen molar-refractivity contribution in [2.24, 2.45) is 11.8 Å². The lowest BCUT2D eigenvalue weighted by molar-refractivity contribution is -0.951. The van der Waals surface area contributed by atoms with Crippen molar-refractivity contribution < 1.29 is 18.8 Å². The predicted octanol–water partition coefficient (Wildman–Crippen LogP) is 3.96. The van der Waals surface area contributed by atoms with Gasteiger partial charge >= 0.3 is 5.97 Å². The van der Waals surface area contributed by atoms with Gasteiger partial charge in [0.2, 0.25) is 0 Å². The highest BCUT2D eigenvalue weighted by molar-refractivity contribution is 5.89. The van der Waals surface area contributed by atoms with Crippen LogP contribution in [-0.4, -0.2) is 49.8 Å². The van der Waals surface area contributed by atoms with Gasteiger partial charge < -0.3 is 18.9 Å². The Morgan fingerprint density at radius 2 is 2.11 bits per heavy atom. The fraction of sp³-hybridized carbons (Fsp3) is 0.522. The molecule has 2 aromatic rings. The summed E-state index contributed by atoms with van der Waals surface area (Å²) in [5.41, 5.74) is 4.71. The topological polar surface area (TPSA) is 51.3 Å². The number of para-hydroxylation sites is 1. The molecule has 28 heavy (non-hydrogen) atoms. The first kappa shape index (κ1) is 19.1. The SMILES string of the molecule is CC[C@H]1C[N+]2(C)CCc3c([nH]c4ccccc34)[C@H]2C[C@@H]1/C(=C\OC)C(=O)OC. The second kappa shape index (κ2) is 7.28. The lowest BCUT2D eigenvalue weighted by atomic mass is 9.72. The van der Waals surface area contributed by atoms with Crippen LogP contribution in [0.3, 0.4) is 0 Å². The monoisotopic (exact) mass is 383 g/mol. The normalized spacial score (nSPS) is 29.9. The van der Waals surface area contributed by atoms with Gasteiger partial charge in [-0.05, 0) is 18.1 Å². The van der Waals surface area contributed by atoms with Gasteiger partial charge in [0.05, 0.1) is 51.9 Å². The summed E-state index contributed by atoms with van der Waals surface area (Å²) in [7, 11) is 5.44. The number of nitrogens with one attached hydrogen (secondary N) is 1. The van der Waals surface area contributed by atoms with Crippen LogP contribution < -0.4 is 0 Å².